The molecule has 0 radical (unpaired) electrons. The number of hydrogen-bond acceptors (Lipinski definition) is 2. The van der Waals surface area contributed by atoms with Crippen LogP contribution in [0.15, 0.2) is 40.8 Å². The van der Waals surface area contributed by atoms with Gasteiger partial charge >= 0.3 is 0 Å². The molecule has 2 aromatic carbocycles. The van der Waals surface area contributed by atoms with Gasteiger partial charge in [0.15, 0.2) is 0 Å². The molecule has 0 aliphatic heterocycles. The third-order valence-corrected chi connectivity index (χ3v) is 3.75. The van der Waals surface area contributed by atoms with Crippen LogP contribution in [0.4, 0.5) is 0 Å². The van der Waals surface area contributed by atoms with E-state index in [0.29, 0.717) is 11.6 Å². The minimum absolute atomic E-state index is 0.681. The first-order valence-electron chi connectivity index (χ1n) is 6.08. The molecule has 3 rings (SSSR count). The Labute approximate surface area is 124 Å². The van der Waals surface area contributed by atoms with Gasteiger partial charge in [-0.1, -0.05) is 27.5 Å². The van der Waals surface area contributed by atoms with E-state index < -0.39 is 0 Å². The predicted molar refractivity (Wildman–Crippen MR) is 82.6 cm³/mol. The van der Waals surface area contributed by atoms with Crippen LogP contribution in [-0.2, 0) is 0 Å². The minimum atomic E-state index is 0.681. The molecule has 2 nitrogen and oxygen atoms in total. The van der Waals surface area contributed by atoms with Crippen molar-refractivity contribution in [2.45, 2.75) is 6.42 Å². The number of halogens is 2. The molecule has 0 spiro atoms. The number of alkyl halides is 1. The quantitative estimate of drug-likeness (QED) is 0.469. The monoisotopic (exact) mass is 338 g/mol. The molecule has 0 aliphatic carbocycles. The molecule has 1 aromatic heterocycles. The lowest BCUT2D eigenvalue weighted by Gasteiger charge is -2.03. The standard InChI is InChI=1S/C15H12BrClO2/c16-6-1-7-18-11-3-5-13-12-4-2-10(17)8-14(12)19-15(13)9-11/h2-5,8-9H,1,6-7H2. The summed E-state index contributed by atoms with van der Waals surface area (Å²) >= 11 is 9.35. The van der Waals surface area contributed by atoms with E-state index in [1.807, 2.05) is 36.4 Å². The molecule has 0 unspecified atom stereocenters. The second kappa shape index (κ2) is 5.43. The molecule has 1 heterocycles. The number of ether oxygens (including phenoxy) is 1. The van der Waals surface area contributed by atoms with E-state index in [4.69, 9.17) is 20.8 Å². The van der Waals surface area contributed by atoms with Crippen LogP contribution in [0.1, 0.15) is 6.42 Å². The number of fused-ring (bicyclic) bond motifs is 3. The fourth-order valence-electron chi connectivity index (χ4n) is 2.07. The second-order valence-electron chi connectivity index (χ2n) is 4.29. The molecule has 3 aromatic rings. The van der Waals surface area contributed by atoms with Gasteiger partial charge in [-0.15, -0.1) is 0 Å². The maximum atomic E-state index is 5.97. The van der Waals surface area contributed by atoms with Crippen molar-refractivity contribution in [3.8, 4) is 5.75 Å². The Bertz CT molecular complexity index is 721. The SMILES string of the molecule is Clc1ccc2c(c1)oc1cc(OCCCBr)ccc12. The summed E-state index contributed by atoms with van der Waals surface area (Å²) < 4.78 is 11.5. The summed E-state index contributed by atoms with van der Waals surface area (Å²) in [6.07, 6.45) is 0.980. The van der Waals surface area contributed by atoms with E-state index in [1.54, 1.807) is 0 Å². The molecule has 98 valence electrons. The maximum absolute atomic E-state index is 5.97. The summed E-state index contributed by atoms with van der Waals surface area (Å²) in [5, 5.41) is 3.78. The Morgan fingerprint density at radius 1 is 1.05 bits per heavy atom. The van der Waals surface area contributed by atoms with Gasteiger partial charge in [0.1, 0.15) is 16.9 Å². The summed E-state index contributed by atoms with van der Waals surface area (Å²) in [5.41, 5.74) is 1.63. The van der Waals surface area contributed by atoms with Gasteiger partial charge in [-0.3, -0.25) is 0 Å². The van der Waals surface area contributed by atoms with Crippen molar-refractivity contribution < 1.29 is 9.15 Å². The fourth-order valence-corrected chi connectivity index (χ4v) is 2.46. The normalized spacial score (nSPS) is 11.3. The first kappa shape index (κ1) is 12.8. The van der Waals surface area contributed by atoms with Crippen molar-refractivity contribution in [3.05, 3.63) is 41.4 Å². The molecular weight excluding hydrogens is 328 g/mol. The van der Waals surface area contributed by atoms with E-state index in [2.05, 4.69) is 15.9 Å². The van der Waals surface area contributed by atoms with Crippen molar-refractivity contribution >= 4 is 49.5 Å². The molecule has 0 saturated heterocycles. The molecule has 0 saturated carbocycles. The lowest BCUT2D eigenvalue weighted by Crippen LogP contribution is -1.97. The highest BCUT2D eigenvalue weighted by atomic mass is 79.9. The van der Waals surface area contributed by atoms with Crippen LogP contribution in [0.2, 0.25) is 5.02 Å². The largest absolute Gasteiger partial charge is 0.493 e. The molecule has 19 heavy (non-hydrogen) atoms. The zero-order valence-electron chi connectivity index (χ0n) is 10.2. The smallest absolute Gasteiger partial charge is 0.139 e. The molecule has 0 N–H and O–H groups in total. The molecule has 4 heteroatoms. The van der Waals surface area contributed by atoms with Crippen LogP contribution in [0.25, 0.3) is 21.9 Å². The van der Waals surface area contributed by atoms with Crippen molar-refractivity contribution in [1.29, 1.82) is 0 Å². The highest BCUT2D eigenvalue weighted by Crippen LogP contribution is 2.32. The highest BCUT2D eigenvalue weighted by Gasteiger charge is 2.08. The summed E-state index contributed by atoms with van der Waals surface area (Å²) in [5.74, 6) is 0.832. The van der Waals surface area contributed by atoms with Crippen molar-refractivity contribution in [1.82, 2.24) is 0 Å². The van der Waals surface area contributed by atoms with Gasteiger partial charge in [0.25, 0.3) is 0 Å². The van der Waals surface area contributed by atoms with Crippen LogP contribution in [0.5, 0.6) is 5.75 Å². The first-order valence-corrected chi connectivity index (χ1v) is 7.58. The lowest BCUT2D eigenvalue weighted by molar-refractivity contribution is 0.319. The van der Waals surface area contributed by atoms with Crippen LogP contribution in [0, 0.1) is 0 Å². The average molecular weight is 340 g/mol. The van der Waals surface area contributed by atoms with Gasteiger partial charge in [-0.05, 0) is 30.7 Å². The maximum Gasteiger partial charge on any atom is 0.139 e. The van der Waals surface area contributed by atoms with Gasteiger partial charge < -0.3 is 9.15 Å². The second-order valence-corrected chi connectivity index (χ2v) is 5.52. The Kier molecular flexibility index (Phi) is 3.67. The first-order chi connectivity index (χ1) is 9.28. The zero-order chi connectivity index (χ0) is 13.2. The fraction of sp³-hybridized carbons (Fsp3) is 0.200. The molecular formula is C15H12BrClO2. The van der Waals surface area contributed by atoms with Crippen molar-refractivity contribution in [3.63, 3.8) is 0 Å². The van der Waals surface area contributed by atoms with Crippen LogP contribution < -0.4 is 4.74 Å². The van der Waals surface area contributed by atoms with Crippen LogP contribution in [0.3, 0.4) is 0 Å². The third kappa shape index (κ3) is 2.58. The molecule has 0 aliphatic rings. The van der Waals surface area contributed by atoms with Gasteiger partial charge in [0.05, 0.1) is 6.61 Å². The number of hydrogen-bond donors (Lipinski definition) is 0. The summed E-state index contributed by atoms with van der Waals surface area (Å²) in [6, 6.07) is 11.6. The Morgan fingerprint density at radius 2 is 1.79 bits per heavy atom. The number of furan rings is 1. The predicted octanol–water partition coefficient (Wildman–Crippen LogP) is 5.40. The van der Waals surface area contributed by atoms with E-state index in [9.17, 15) is 0 Å². The summed E-state index contributed by atoms with van der Waals surface area (Å²) in [4.78, 5) is 0. The number of benzene rings is 2. The zero-order valence-corrected chi connectivity index (χ0v) is 12.5. The van der Waals surface area contributed by atoms with Crippen LogP contribution >= 0.6 is 27.5 Å². The van der Waals surface area contributed by atoms with Gasteiger partial charge in [0.2, 0.25) is 0 Å². The summed E-state index contributed by atoms with van der Waals surface area (Å²) in [7, 11) is 0. The summed E-state index contributed by atoms with van der Waals surface area (Å²) in [6.45, 7) is 0.697. The van der Waals surface area contributed by atoms with Crippen molar-refractivity contribution in [2.75, 3.05) is 11.9 Å². The molecule has 0 atom stereocenters. The molecule has 0 fully saturated rings. The van der Waals surface area contributed by atoms with Gasteiger partial charge in [-0.2, -0.15) is 0 Å². The Morgan fingerprint density at radius 3 is 2.58 bits per heavy atom. The van der Waals surface area contributed by atoms with E-state index in [-0.39, 0.29) is 0 Å². The average Bonchev–Trinajstić information content (AvgIpc) is 2.75. The molecule has 0 amide bonds. The number of rotatable bonds is 4. The Balaban J connectivity index is 2.01. The van der Waals surface area contributed by atoms with E-state index in [0.717, 1.165) is 39.4 Å². The van der Waals surface area contributed by atoms with Crippen LogP contribution in [-0.4, -0.2) is 11.9 Å². The van der Waals surface area contributed by atoms with Crippen molar-refractivity contribution in [2.24, 2.45) is 0 Å². The van der Waals surface area contributed by atoms with E-state index >= 15 is 0 Å². The minimum Gasteiger partial charge on any atom is -0.493 e. The molecule has 0 bridgehead atoms. The van der Waals surface area contributed by atoms with Gasteiger partial charge in [0, 0.05) is 33.3 Å². The van der Waals surface area contributed by atoms with Gasteiger partial charge in [-0.25, -0.2) is 0 Å². The topological polar surface area (TPSA) is 22.4 Å². The highest BCUT2D eigenvalue weighted by molar-refractivity contribution is 9.09. The Hall–Kier alpha value is -1.19. The lowest BCUT2D eigenvalue weighted by atomic mass is 10.1. The van der Waals surface area contributed by atoms with E-state index in [1.165, 1.54) is 0 Å². The third-order valence-electron chi connectivity index (χ3n) is 2.95.